The van der Waals surface area contributed by atoms with Gasteiger partial charge in [-0.15, -0.1) is 0 Å². The second-order valence-electron chi connectivity index (χ2n) is 4.79. The minimum atomic E-state index is -3.64. The fourth-order valence-electron chi connectivity index (χ4n) is 2.06. The van der Waals surface area contributed by atoms with E-state index >= 15 is 0 Å². The summed E-state index contributed by atoms with van der Waals surface area (Å²) in [4.78, 5) is 4.08. The van der Waals surface area contributed by atoms with Crippen LogP contribution in [0.15, 0.2) is 47.6 Å². The van der Waals surface area contributed by atoms with Crippen molar-refractivity contribution in [3.8, 4) is 0 Å². The number of nitrogens with zero attached hydrogens (tertiary/aromatic N) is 2. The van der Waals surface area contributed by atoms with E-state index in [1.54, 1.807) is 25.4 Å². The Morgan fingerprint density at radius 1 is 1.19 bits per heavy atom. The molecule has 0 radical (unpaired) electrons. The van der Waals surface area contributed by atoms with Gasteiger partial charge < -0.3 is 5.32 Å². The zero-order chi connectivity index (χ0) is 15.5. The number of para-hydroxylation sites is 1. The van der Waals surface area contributed by atoms with Gasteiger partial charge in [-0.2, -0.15) is 8.42 Å². The Bertz CT molecular complexity index is 712. The van der Waals surface area contributed by atoms with Crippen molar-refractivity contribution in [3.05, 3.63) is 53.7 Å². The fourth-order valence-corrected chi connectivity index (χ4v) is 3.23. The lowest BCUT2D eigenvalue weighted by Gasteiger charge is -2.20. The summed E-state index contributed by atoms with van der Waals surface area (Å²) in [5, 5.41) is 3.05. The first-order chi connectivity index (χ1) is 9.96. The molecule has 1 heterocycles. The van der Waals surface area contributed by atoms with E-state index in [0.29, 0.717) is 12.2 Å². The van der Waals surface area contributed by atoms with Crippen LogP contribution in [0.4, 0.5) is 5.69 Å². The summed E-state index contributed by atoms with van der Waals surface area (Å²) in [5.41, 5.74) is 2.49. The van der Waals surface area contributed by atoms with Crippen molar-refractivity contribution in [3.63, 3.8) is 0 Å². The smallest absolute Gasteiger partial charge is 0.281 e. The number of benzene rings is 1. The van der Waals surface area contributed by atoms with E-state index in [2.05, 4.69) is 10.3 Å². The SMILES string of the molecule is CNCc1ccc(S(=O)(=O)N(C)c2ccccc2C)nc1. The molecule has 6 heteroatoms. The van der Waals surface area contributed by atoms with E-state index in [9.17, 15) is 8.42 Å². The standard InChI is InChI=1S/C15H19N3O2S/c1-12-6-4-5-7-14(12)18(3)21(19,20)15-9-8-13(10-16-2)11-17-15/h4-9,11,16H,10H2,1-3H3. The number of aromatic nitrogens is 1. The van der Waals surface area contributed by atoms with Crippen LogP contribution in [0.3, 0.4) is 0 Å². The first-order valence-electron chi connectivity index (χ1n) is 6.61. The number of hydrogen-bond donors (Lipinski definition) is 1. The Balaban J connectivity index is 2.35. The topological polar surface area (TPSA) is 62.3 Å². The maximum atomic E-state index is 12.6. The zero-order valence-corrected chi connectivity index (χ0v) is 13.2. The molecule has 5 nitrogen and oxygen atoms in total. The number of nitrogens with one attached hydrogen (secondary N) is 1. The Labute approximate surface area is 125 Å². The summed E-state index contributed by atoms with van der Waals surface area (Å²) in [5.74, 6) is 0. The van der Waals surface area contributed by atoms with Crippen LogP contribution >= 0.6 is 0 Å². The second kappa shape index (κ2) is 6.24. The molecule has 112 valence electrons. The highest BCUT2D eigenvalue weighted by atomic mass is 32.2. The first kappa shape index (κ1) is 15.5. The van der Waals surface area contributed by atoms with Gasteiger partial charge in [-0.1, -0.05) is 24.3 Å². The predicted octanol–water partition coefficient (Wildman–Crippen LogP) is 1.93. The molecule has 0 aliphatic carbocycles. The summed E-state index contributed by atoms with van der Waals surface area (Å²) in [6.07, 6.45) is 1.58. The van der Waals surface area contributed by atoms with Gasteiger partial charge in [0.25, 0.3) is 10.0 Å². The highest BCUT2D eigenvalue weighted by Gasteiger charge is 2.23. The van der Waals surface area contributed by atoms with Crippen molar-refractivity contribution in [1.29, 1.82) is 0 Å². The van der Waals surface area contributed by atoms with Crippen molar-refractivity contribution in [1.82, 2.24) is 10.3 Å². The molecule has 0 aliphatic heterocycles. The molecule has 2 aromatic rings. The number of aryl methyl sites for hydroxylation is 1. The van der Waals surface area contributed by atoms with E-state index in [1.165, 1.54) is 10.4 Å². The number of rotatable bonds is 5. The molecule has 1 N–H and O–H groups in total. The Hall–Kier alpha value is -1.92. The van der Waals surface area contributed by atoms with Crippen LogP contribution in [0, 0.1) is 6.92 Å². The number of pyridine rings is 1. The van der Waals surface area contributed by atoms with E-state index < -0.39 is 10.0 Å². The lowest BCUT2D eigenvalue weighted by atomic mass is 10.2. The summed E-state index contributed by atoms with van der Waals surface area (Å²) in [6, 6.07) is 10.7. The van der Waals surface area contributed by atoms with Gasteiger partial charge in [-0.3, -0.25) is 4.31 Å². The highest BCUT2D eigenvalue weighted by molar-refractivity contribution is 7.92. The van der Waals surface area contributed by atoms with Crippen molar-refractivity contribution < 1.29 is 8.42 Å². The van der Waals surface area contributed by atoms with Crippen molar-refractivity contribution in [2.45, 2.75) is 18.5 Å². The van der Waals surface area contributed by atoms with Crippen molar-refractivity contribution in [2.75, 3.05) is 18.4 Å². The molecule has 0 aliphatic rings. The third-order valence-corrected chi connectivity index (χ3v) is 4.95. The van der Waals surface area contributed by atoms with Gasteiger partial charge in [0, 0.05) is 19.8 Å². The minimum Gasteiger partial charge on any atom is -0.316 e. The number of anilines is 1. The Kier molecular flexibility index (Phi) is 4.59. The normalized spacial score (nSPS) is 11.4. The van der Waals surface area contributed by atoms with Crippen LogP contribution in [-0.2, 0) is 16.6 Å². The van der Waals surface area contributed by atoms with Crippen molar-refractivity contribution in [2.24, 2.45) is 0 Å². The van der Waals surface area contributed by atoms with Gasteiger partial charge in [-0.25, -0.2) is 4.98 Å². The van der Waals surface area contributed by atoms with Gasteiger partial charge in [0.1, 0.15) is 0 Å². The van der Waals surface area contributed by atoms with Crippen LogP contribution in [-0.4, -0.2) is 27.5 Å². The third kappa shape index (κ3) is 3.22. The van der Waals surface area contributed by atoms with Gasteiger partial charge in [0.2, 0.25) is 0 Å². The molecule has 0 bridgehead atoms. The van der Waals surface area contributed by atoms with Gasteiger partial charge in [-0.05, 0) is 37.2 Å². The molecule has 0 saturated heterocycles. The van der Waals surface area contributed by atoms with Crippen LogP contribution in [0.25, 0.3) is 0 Å². The Morgan fingerprint density at radius 2 is 1.90 bits per heavy atom. The second-order valence-corrected chi connectivity index (χ2v) is 6.71. The maximum absolute atomic E-state index is 12.6. The molecule has 0 unspecified atom stereocenters. The fraction of sp³-hybridized carbons (Fsp3) is 0.267. The minimum absolute atomic E-state index is 0.0492. The molecule has 0 atom stereocenters. The van der Waals surface area contributed by atoms with E-state index in [1.807, 2.05) is 32.2 Å². The van der Waals surface area contributed by atoms with Gasteiger partial charge in [0.05, 0.1) is 5.69 Å². The average molecular weight is 305 g/mol. The number of hydrogen-bond acceptors (Lipinski definition) is 4. The lowest BCUT2D eigenvalue weighted by Crippen LogP contribution is -2.28. The highest BCUT2D eigenvalue weighted by Crippen LogP contribution is 2.24. The van der Waals surface area contributed by atoms with Gasteiger partial charge >= 0.3 is 0 Å². The van der Waals surface area contributed by atoms with Gasteiger partial charge in [0.15, 0.2) is 5.03 Å². The molecule has 1 aromatic heterocycles. The first-order valence-corrected chi connectivity index (χ1v) is 8.05. The van der Waals surface area contributed by atoms with Crippen LogP contribution < -0.4 is 9.62 Å². The third-order valence-electron chi connectivity index (χ3n) is 3.26. The summed E-state index contributed by atoms with van der Waals surface area (Å²) in [6.45, 7) is 2.53. The molecular formula is C15H19N3O2S. The monoisotopic (exact) mass is 305 g/mol. The zero-order valence-electron chi connectivity index (χ0n) is 12.4. The molecule has 2 rings (SSSR count). The number of sulfonamides is 1. The molecule has 0 saturated carbocycles. The quantitative estimate of drug-likeness (QED) is 0.917. The molecule has 1 aromatic carbocycles. The van der Waals surface area contributed by atoms with E-state index in [-0.39, 0.29) is 5.03 Å². The lowest BCUT2D eigenvalue weighted by molar-refractivity contribution is 0.590. The molecule has 21 heavy (non-hydrogen) atoms. The Morgan fingerprint density at radius 3 is 2.48 bits per heavy atom. The van der Waals surface area contributed by atoms with Crippen molar-refractivity contribution >= 4 is 15.7 Å². The molecule has 0 spiro atoms. The average Bonchev–Trinajstić information content (AvgIpc) is 2.48. The molecule has 0 amide bonds. The summed E-state index contributed by atoms with van der Waals surface area (Å²) in [7, 11) is -0.272. The molecule has 0 fully saturated rings. The van der Waals surface area contributed by atoms with E-state index in [4.69, 9.17) is 0 Å². The summed E-state index contributed by atoms with van der Waals surface area (Å²) >= 11 is 0. The largest absolute Gasteiger partial charge is 0.316 e. The van der Waals surface area contributed by atoms with Crippen LogP contribution in [0.5, 0.6) is 0 Å². The van der Waals surface area contributed by atoms with E-state index in [0.717, 1.165) is 11.1 Å². The van der Waals surface area contributed by atoms with Crippen LogP contribution in [0.2, 0.25) is 0 Å². The maximum Gasteiger partial charge on any atom is 0.281 e. The molecular weight excluding hydrogens is 286 g/mol. The summed E-state index contributed by atoms with van der Waals surface area (Å²) < 4.78 is 26.5. The predicted molar refractivity (Wildman–Crippen MR) is 83.8 cm³/mol. The van der Waals surface area contributed by atoms with Crippen LogP contribution in [0.1, 0.15) is 11.1 Å².